The lowest BCUT2D eigenvalue weighted by Gasteiger charge is -2.11. The van der Waals surface area contributed by atoms with Crippen LogP contribution < -0.4 is 5.56 Å². The Hall–Kier alpha value is -2.52. The summed E-state index contributed by atoms with van der Waals surface area (Å²) in [6.07, 6.45) is 3.45. The van der Waals surface area contributed by atoms with E-state index in [0.717, 1.165) is 33.8 Å². The van der Waals surface area contributed by atoms with Crippen molar-refractivity contribution in [3.8, 4) is 0 Å². The second-order valence-corrected chi connectivity index (χ2v) is 8.86. The second kappa shape index (κ2) is 8.46. The Labute approximate surface area is 176 Å². The number of pyridine rings is 1. The van der Waals surface area contributed by atoms with Crippen molar-refractivity contribution in [1.82, 2.24) is 24.7 Å². The van der Waals surface area contributed by atoms with Crippen LogP contribution in [0.25, 0.3) is 10.2 Å². The predicted molar refractivity (Wildman–Crippen MR) is 115 cm³/mol. The molecule has 0 spiro atoms. The molecule has 9 heteroatoms. The van der Waals surface area contributed by atoms with E-state index in [1.807, 2.05) is 32.0 Å². The Morgan fingerprint density at radius 2 is 2.10 bits per heavy atom. The fraction of sp³-hybridized carbons (Fsp3) is 0.350. The van der Waals surface area contributed by atoms with E-state index in [0.29, 0.717) is 34.6 Å². The highest BCUT2D eigenvalue weighted by Crippen LogP contribution is 2.29. The van der Waals surface area contributed by atoms with Gasteiger partial charge in [-0.1, -0.05) is 29.9 Å². The van der Waals surface area contributed by atoms with Gasteiger partial charge in [-0.3, -0.25) is 14.3 Å². The molecule has 4 rings (SSSR count). The third kappa shape index (κ3) is 4.11. The third-order valence-corrected chi connectivity index (χ3v) is 6.68. The molecule has 0 aliphatic carbocycles. The monoisotopic (exact) mass is 427 g/mol. The summed E-state index contributed by atoms with van der Waals surface area (Å²) in [6.45, 7) is 6.43. The number of nitrogens with zero attached hydrogens (tertiary/aromatic N) is 5. The molecule has 0 amide bonds. The zero-order valence-electron chi connectivity index (χ0n) is 16.5. The van der Waals surface area contributed by atoms with Crippen LogP contribution in [0.1, 0.15) is 41.2 Å². The SMILES string of the molecule is CCCc1nc(CSc2nc3sc(C)c(C)c3c(=O)n2Cc2ccccn2)no1. The number of aryl methyl sites for hydroxylation is 3. The summed E-state index contributed by atoms with van der Waals surface area (Å²) in [7, 11) is 0. The number of rotatable bonds is 7. The van der Waals surface area contributed by atoms with Crippen LogP contribution in [0.5, 0.6) is 0 Å². The summed E-state index contributed by atoms with van der Waals surface area (Å²) in [6, 6.07) is 5.69. The van der Waals surface area contributed by atoms with Crippen LogP contribution in [0, 0.1) is 13.8 Å². The van der Waals surface area contributed by atoms with Gasteiger partial charge >= 0.3 is 0 Å². The van der Waals surface area contributed by atoms with E-state index >= 15 is 0 Å². The zero-order valence-corrected chi connectivity index (χ0v) is 18.1. The maximum atomic E-state index is 13.3. The van der Waals surface area contributed by atoms with Gasteiger partial charge in [0.25, 0.3) is 5.56 Å². The molecule has 0 fully saturated rings. The summed E-state index contributed by atoms with van der Waals surface area (Å²) in [4.78, 5) is 28.8. The zero-order chi connectivity index (χ0) is 20.4. The molecule has 0 aromatic carbocycles. The first-order valence-electron chi connectivity index (χ1n) is 9.41. The van der Waals surface area contributed by atoms with Gasteiger partial charge in [-0.15, -0.1) is 11.3 Å². The first-order valence-corrected chi connectivity index (χ1v) is 11.2. The van der Waals surface area contributed by atoms with E-state index in [2.05, 4.69) is 22.0 Å². The highest BCUT2D eigenvalue weighted by Gasteiger charge is 2.18. The molecule has 0 aliphatic heterocycles. The fourth-order valence-corrected chi connectivity index (χ4v) is 4.92. The number of fused-ring (bicyclic) bond motifs is 1. The summed E-state index contributed by atoms with van der Waals surface area (Å²) in [5.41, 5.74) is 1.77. The van der Waals surface area contributed by atoms with Gasteiger partial charge in [0.15, 0.2) is 11.0 Å². The fourth-order valence-electron chi connectivity index (χ4n) is 3.01. The molecule has 0 atom stereocenters. The van der Waals surface area contributed by atoms with Gasteiger partial charge in [0.2, 0.25) is 5.89 Å². The molecule has 29 heavy (non-hydrogen) atoms. The van der Waals surface area contributed by atoms with Crippen LogP contribution in [0.15, 0.2) is 38.9 Å². The first kappa shape index (κ1) is 19.8. The molecule has 0 saturated carbocycles. The van der Waals surface area contributed by atoms with E-state index in [1.165, 1.54) is 11.8 Å². The largest absolute Gasteiger partial charge is 0.339 e. The van der Waals surface area contributed by atoms with Crippen molar-refractivity contribution in [3.05, 3.63) is 62.6 Å². The smallest absolute Gasteiger partial charge is 0.263 e. The van der Waals surface area contributed by atoms with Gasteiger partial charge in [-0.25, -0.2) is 4.98 Å². The Kier molecular flexibility index (Phi) is 5.77. The highest BCUT2D eigenvalue weighted by atomic mass is 32.2. The van der Waals surface area contributed by atoms with E-state index in [4.69, 9.17) is 9.51 Å². The molecule has 4 heterocycles. The minimum Gasteiger partial charge on any atom is -0.339 e. The average Bonchev–Trinajstić information content (AvgIpc) is 3.28. The summed E-state index contributed by atoms with van der Waals surface area (Å²) < 4.78 is 6.96. The molecular weight excluding hydrogens is 406 g/mol. The van der Waals surface area contributed by atoms with Crippen molar-refractivity contribution < 1.29 is 4.52 Å². The van der Waals surface area contributed by atoms with Crippen LogP contribution in [0.2, 0.25) is 0 Å². The van der Waals surface area contributed by atoms with Crippen molar-refractivity contribution in [3.63, 3.8) is 0 Å². The number of hydrogen-bond acceptors (Lipinski definition) is 8. The Balaban J connectivity index is 1.72. The van der Waals surface area contributed by atoms with Crippen molar-refractivity contribution in [2.24, 2.45) is 0 Å². The molecule has 0 radical (unpaired) electrons. The van der Waals surface area contributed by atoms with Crippen LogP contribution in [0.4, 0.5) is 0 Å². The molecule has 0 saturated heterocycles. The molecule has 7 nitrogen and oxygen atoms in total. The second-order valence-electron chi connectivity index (χ2n) is 6.71. The minimum absolute atomic E-state index is 0.0372. The topological polar surface area (TPSA) is 86.7 Å². The van der Waals surface area contributed by atoms with Gasteiger partial charge < -0.3 is 4.52 Å². The normalized spacial score (nSPS) is 11.4. The van der Waals surface area contributed by atoms with Gasteiger partial charge in [-0.2, -0.15) is 4.98 Å². The number of thiophene rings is 1. The van der Waals surface area contributed by atoms with E-state index in [1.54, 1.807) is 22.1 Å². The molecule has 0 bridgehead atoms. The Morgan fingerprint density at radius 3 is 2.86 bits per heavy atom. The van der Waals surface area contributed by atoms with Crippen LogP contribution in [-0.2, 0) is 18.7 Å². The van der Waals surface area contributed by atoms with Gasteiger partial charge in [0, 0.05) is 17.5 Å². The lowest BCUT2D eigenvalue weighted by Crippen LogP contribution is -2.24. The van der Waals surface area contributed by atoms with Gasteiger partial charge in [0.05, 0.1) is 23.4 Å². The number of hydrogen-bond donors (Lipinski definition) is 0. The van der Waals surface area contributed by atoms with Crippen molar-refractivity contribution in [2.45, 2.75) is 51.1 Å². The molecule has 0 unspecified atom stereocenters. The molecule has 4 aromatic rings. The lowest BCUT2D eigenvalue weighted by atomic mass is 10.2. The summed E-state index contributed by atoms with van der Waals surface area (Å²) >= 11 is 2.99. The minimum atomic E-state index is -0.0372. The molecule has 0 N–H and O–H groups in total. The van der Waals surface area contributed by atoms with Crippen LogP contribution >= 0.6 is 23.1 Å². The summed E-state index contributed by atoms with van der Waals surface area (Å²) in [5.74, 6) is 1.73. The number of aromatic nitrogens is 5. The van der Waals surface area contributed by atoms with E-state index in [-0.39, 0.29) is 5.56 Å². The van der Waals surface area contributed by atoms with Crippen LogP contribution in [0.3, 0.4) is 0 Å². The van der Waals surface area contributed by atoms with Gasteiger partial charge in [0.1, 0.15) is 4.83 Å². The molecular formula is C20H21N5O2S2. The van der Waals surface area contributed by atoms with Gasteiger partial charge in [-0.05, 0) is 38.0 Å². The average molecular weight is 428 g/mol. The molecule has 150 valence electrons. The van der Waals surface area contributed by atoms with Crippen molar-refractivity contribution in [2.75, 3.05) is 0 Å². The Morgan fingerprint density at radius 1 is 1.24 bits per heavy atom. The van der Waals surface area contributed by atoms with E-state index in [9.17, 15) is 4.79 Å². The highest BCUT2D eigenvalue weighted by molar-refractivity contribution is 7.98. The van der Waals surface area contributed by atoms with Crippen molar-refractivity contribution in [1.29, 1.82) is 0 Å². The number of thioether (sulfide) groups is 1. The maximum absolute atomic E-state index is 13.3. The Bertz CT molecular complexity index is 1200. The lowest BCUT2D eigenvalue weighted by molar-refractivity contribution is 0.373. The predicted octanol–water partition coefficient (Wildman–Crippen LogP) is 4.15. The quantitative estimate of drug-likeness (QED) is 0.323. The molecule has 0 aliphatic rings. The first-order chi connectivity index (χ1) is 14.1. The van der Waals surface area contributed by atoms with Crippen molar-refractivity contribution >= 4 is 33.3 Å². The van der Waals surface area contributed by atoms with E-state index < -0.39 is 0 Å². The standard InChI is InChI=1S/C20H21N5O2S2/c1-4-7-16-22-15(24-27-16)11-28-20-23-18-17(12(2)13(3)29-18)19(26)25(20)10-14-8-5-6-9-21-14/h5-6,8-9H,4,7,10-11H2,1-3H3. The maximum Gasteiger partial charge on any atom is 0.263 e. The van der Waals surface area contributed by atoms with Crippen LogP contribution in [-0.4, -0.2) is 24.7 Å². The third-order valence-electron chi connectivity index (χ3n) is 4.60. The summed E-state index contributed by atoms with van der Waals surface area (Å²) in [5, 5.41) is 5.36. The molecule has 4 aromatic heterocycles.